The summed E-state index contributed by atoms with van der Waals surface area (Å²) in [4.78, 5) is 14.9. The molecule has 1 aromatic heterocycles. The van der Waals surface area contributed by atoms with Crippen LogP contribution in [0.25, 0.3) is 11.3 Å². The van der Waals surface area contributed by atoms with Gasteiger partial charge in [0, 0.05) is 25.1 Å². The van der Waals surface area contributed by atoms with Crippen LogP contribution in [-0.2, 0) is 18.4 Å². The first-order valence-electron chi connectivity index (χ1n) is 10.3. The third-order valence-electron chi connectivity index (χ3n) is 5.17. The Morgan fingerprint density at radius 3 is 2.38 bits per heavy atom. The molecular formula is C24H27N3O2. The quantitative estimate of drug-likeness (QED) is 0.543. The molecule has 4 rings (SSSR count). The van der Waals surface area contributed by atoms with Gasteiger partial charge in [-0.15, -0.1) is 0 Å². The molecule has 0 unspecified atom stereocenters. The van der Waals surface area contributed by atoms with Gasteiger partial charge in [-0.3, -0.25) is 4.79 Å². The zero-order chi connectivity index (χ0) is 20.2. The van der Waals surface area contributed by atoms with Gasteiger partial charge in [-0.1, -0.05) is 55.5 Å². The van der Waals surface area contributed by atoms with E-state index in [-0.39, 0.29) is 11.8 Å². The summed E-state index contributed by atoms with van der Waals surface area (Å²) in [5.41, 5.74) is 2.84. The van der Waals surface area contributed by atoms with E-state index in [1.165, 1.54) is 0 Å². The molecule has 1 aliphatic rings. The maximum absolute atomic E-state index is 12.9. The summed E-state index contributed by atoms with van der Waals surface area (Å²) in [5.74, 6) is 1.88. The van der Waals surface area contributed by atoms with Gasteiger partial charge >= 0.3 is 0 Å². The predicted molar refractivity (Wildman–Crippen MR) is 114 cm³/mol. The summed E-state index contributed by atoms with van der Waals surface area (Å²) in [5, 5.41) is 4.76. The van der Waals surface area contributed by atoms with Crippen molar-refractivity contribution in [2.75, 3.05) is 6.54 Å². The van der Waals surface area contributed by atoms with Crippen molar-refractivity contribution in [1.29, 1.82) is 0 Å². The molecule has 0 aliphatic heterocycles. The van der Waals surface area contributed by atoms with Crippen LogP contribution >= 0.6 is 0 Å². The molecule has 0 spiro atoms. The van der Waals surface area contributed by atoms with Crippen molar-refractivity contribution in [2.24, 2.45) is 13.0 Å². The number of ether oxygens (including phenoxy) is 1. The molecule has 0 atom stereocenters. The summed E-state index contributed by atoms with van der Waals surface area (Å²) in [6, 6.07) is 19.8. The zero-order valence-corrected chi connectivity index (χ0v) is 17.0. The SMILES string of the molecule is CCCN(Cc1c(-c2ccccc2)nn(C)c1Oc1ccccc1)C(=O)C1CC1. The van der Waals surface area contributed by atoms with Crippen molar-refractivity contribution in [2.45, 2.75) is 32.7 Å². The Kier molecular flexibility index (Phi) is 5.65. The summed E-state index contributed by atoms with van der Waals surface area (Å²) < 4.78 is 8.01. The lowest BCUT2D eigenvalue weighted by molar-refractivity contribution is -0.133. The molecule has 1 heterocycles. The number of rotatable bonds is 8. The van der Waals surface area contributed by atoms with Crippen molar-refractivity contribution in [3.05, 3.63) is 66.2 Å². The van der Waals surface area contributed by atoms with Gasteiger partial charge in [-0.25, -0.2) is 4.68 Å². The Morgan fingerprint density at radius 2 is 1.76 bits per heavy atom. The minimum Gasteiger partial charge on any atom is -0.439 e. The number of carbonyl (C=O) groups excluding carboxylic acids is 1. The van der Waals surface area contributed by atoms with Crippen LogP contribution in [0.2, 0.25) is 0 Å². The second-order valence-corrected chi connectivity index (χ2v) is 7.57. The van der Waals surface area contributed by atoms with Crippen molar-refractivity contribution in [3.8, 4) is 22.9 Å². The Labute approximate surface area is 171 Å². The highest BCUT2D eigenvalue weighted by Crippen LogP contribution is 2.36. The van der Waals surface area contributed by atoms with Crippen LogP contribution in [0.15, 0.2) is 60.7 Å². The maximum Gasteiger partial charge on any atom is 0.225 e. The van der Waals surface area contributed by atoms with E-state index in [1.54, 1.807) is 4.68 Å². The number of aryl methyl sites for hydroxylation is 1. The van der Waals surface area contributed by atoms with Gasteiger partial charge < -0.3 is 9.64 Å². The maximum atomic E-state index is 12.9. The standard InChI is InChI=1S/C24H27N3O2/c1-3-16-27(23(28)19-14-15-19)17-21-22(18-10-6-4-7-11-18)25-26(2)24(21)29-20-12-8-5-9-13-20/h4-13,19H,3,14-17H2,1-2H3. The van der Waals surface area contributed by atoms with Gasteiger partial charge in [0.05, 0.1) is 12.1 Å². The highest BCUT2D eigenvalue weighted by Gasteiger charge is 2.34. The van der Waals surface area contributed by atoms with E-state index in [1.807, 2.05) is 72.6 Å². The van der Waals surface area contributed by atoms with Crippen molar-refractivity contribution < 1.29 is 9.53 Å². The van der Waals surface area contributed by atoms with Crippen molar-refractivity contribution in [1.82, 2.24) is 14.7 Å². The molecule has 0 radical (unpaired) electrons. The molecule has 3 aromatic rings. The molecule has 5 nitrogen and oxygen atoms in total. The van der Waals surface area contributed by atoms with Gasteiger partial charge in [-0.2, -0.15) is 5.10 Å². The summed E-state index contributed by atoms with van der Waals surface area (Å²) >= 11 is 0. The van der Waals surface area contributed by atoms with Gasteiger partial charge in [0.25, 0.3) is 0 Å². The van der Waals surface area contributed by atoms with Crippen LogP contribution in [0.1, 0.15) is 31.7 Å². The first-order valence-corrected chi connectivity index (χ1v) is 10.3. The van der Waals surface area contributed by atoms with E-state index in [0.717, 1.165) is 48.4 Å². The molecule has 1 amide bonds. The first-order chi connectivity index (χ1) is 14.2. The fraction of sp³-hybridized carbons (Fsp3) is 0.333. The fourth-order valence-corrected chi connectivity index (χ4v) is 3.57. The number of hydrogen-bond acceptors (Lipinski definition) is 3. The summed E-state index contributed by atoms with van der Waals surface area (Å²) in [7, 11) is 1.89. The minimum atomic E-state index is 0.192. The Balaban J connectivity index is 1.74. The average molecular weight is 389 g/mol. The largest absolute Gasteiger partial charge is 0.439 e. The van der Waals surface area contributed by atoms with Crippen LogP contribution in [0.3, 0.4) is 0 Å². The van der Waals surface area contributed by atoms with Gasteiger partial charge in [0.15, 0.2) is 0 Å². The Morgan fingerprint density at radius 1 is 1.10 bits per heavy atom. The van der Waals surface area contributed by atoms with Crippen LogP contribution in [0, 0.1) is 5.92 Å². The number of carbonyl (C=O) groups is 1. The highest BCUT2D eigenvalue weighted by molar-refractivity contribution is 5.81. The van der Waals surface area contributed by atoms with E-state index in [4.69, 9.17) is 9.84 Å². The number of amides is 1. The molecular weight excluding hydrogens is 362 g/mol. The van der Waals surface area contributed by atoms with E-state index < -0.39 is 0 Å². The normalized spacial score (nSPS) is 13.3. The van der Waals surface area contributed by atoms with Crippen LogP contribution in [0.5, 0.6) is 11.6 Å². The fourth-order valence-electron chi connectivity index (χ4n) is 3.57. The monoisotopic (exact) mass is 389 g/mol. The smallest absolute Gasteiger partial charge is 0.225 e. The van der Waals surface area contributed by atoms with E-state index in [0.29, 0.717) is 12.4 Å². The zero-order valence-electron chi connectivity index (χ0n) is 17.0. The third-order valence-corrected chi connectivity index (χ3v) is 5.17. The van der Waals surface area contributed by atoms with E-state index >= 15 is 0 Å². The number of hydrogen-bond donors (Lipinski definition) is 0. The molecule has 1 aliphatic carbocycles. The van der Waals surface area contributed by atoms with Gasteiger partial charge in [-0.05, 0) is 31.4 Å². The highest BCUT2D eigenvalue weighted by atomic mass is 16.5. The van der Waals surface area contributed by atoms with Gasteiger partial charge in [0.2, 0.25) is 11.8 Å². The van der Waals surface area contributed by atoms with Crippen LogP contribution < -0.4 is 4.74 Å². The molecule has 0 bridgehead atoms. The third kappa shape index (κ3) is 4.34. The lowest BCUT2D eigenvalue weighted by Crippen LogP contribution is -2.32. The lowest BCUT2D eigenvalue weighted by Gasteiger charge is -2.23. The number of nitrogens with zero attached hydrogens (tertiary/aromatic N) is 3. The topological polar surface area (TPSA) is 47.4 Å². The molecule has 1 fully saturated rings. The molecule has 150 valence electrons. The average Bonchev–Trinajstić information content (AvgIpc) is 3.56. The molecule has 2 aromatic carbocycles. The van der Waals surface area contributed by atoms with Crippen molar-refractivity contribution in [3.63, 3.8) is 0 Å². The molecule has 0 N–H and O–H groups in total. The Bertz CT molecular complexity index is 963. The summed E-state index contributed by atoms with van der Waals surface area (Å²) in [6.45, 7) is 3.35. The molecule has 0 saturated heterocycles. The van der Waals surface area contributed by atoms with Crippen molar-refractivity contribution >= 4 is 5.91 Å². The van der Waals surface area contributed by atoms with E-state index in [2.05, 4.69) is 6.92 Å². The molecule has 5 heteroatoms. The molecule has 29 heavy (non-hydrogen) atoms. The summed E-state index contributed by atoms with van der Waals surface area (Å²) in [6.07, 6.45) is 2.93. The number of para-hydroxylation sites is 1. The van der Waals surface area contributed by atoms with E-state index in [9.17, 15) is 4.79 Å². The lowest BCUT2D eigenvalue weighted by atomic mass is 10.1. The Hall–Kier alpha value is -3.08. The van der Waals surface area contributed by atoms with Crippen LogP contribution in [-0.4, -0.2) is 27.1 Å². The molecule has 1 saturated carbocycles. The predicted octanol–water partition coefficient (Wildman–Crippen LogP) is 5.03. The second-order valence-electron chi connectivity index (χ2n) is 7.57. The minimum absolute atomic E-state index is 0.192. The number of aromatic nitrogens is 2. The van der Waals surface area contributed by atoms with Gasteiger partial charge in [0.1, 0.15) is 11.4 Å². The second kappa shape index (κ2) is 8.52. The van der Waals surface area contributed by atoms with Crippen LogP contribution in [0.4, 0.5) is 0 Å². The number of benzene rings is 2. The first kappa shape index (κ1) is 19.2.